The van der Waals surface area contributed by atoms with Crippen molar-refractivity contribution in [2.24, 2.45) is 4.99 Å². The molecule has 0 aliphatic rings. The molecular formula is C18H21N5S. The van der Waals surface area contributed by atoms with Crippen LogP contribution in [0.3, 0.4) is 0 Å². The van der Waals surface area contributed by atoms with Gasteiger partial charge in [-0.1, -0.05) is 18.2 Å². The van der Waals surface area contributed by atoms with E-state index in [1.54, 1.807) is 24.6 Å². The lowest BCUT2D eigenvalue weighted by Gasteiger charge is -2.12. The van der Waals surface area contributed by atoms with E-state index in [0.29, 0.717) is 6.54 Å². The number of aliphatic imine (C=N–C) groups is 1. The first-order valence-corrected chi connectivity index (χ1v) is 8.79. The average Bonchev–Trinajstić information content (AvgIpc) is 3.31. The SMILES string of the molecule is CN=C(NCCc1cccs1)NCc1cccc(-n2cccn2)c1. The number of aromatic nitrogens is 2. The Morgan fingerprint density at radius 3 is 2.92 bits per heavy atom. The van der Waals surface area contributed by atoms with Crippen molar-refractivity contribution in [2.75, 3.05) is 13.6 Å². The molecule has 0 fully saturated rings. The topological polar surface area (TPSA) is 54.2 Å². The first-order chi connectivity index (χ1) is 11.8. The van der Waals surface area contributed by atoms with E-state index in [9.17, 15) is 0 Å². The molecule has 6 heteroatoms. The third-order valence-electron chi connectivity index (χ3n) is 3.61. The maximum Gasteiger partial charge on any atom is 0.191 e. The zero-order valence-corrected chi connectivity index (χ0v) is 14.5. The van der Waals surface area contributed by atoms with Gasteiger partial charge in [0, 0.05) is 37.4 Å². The first kappa shape index (κ1) is 16.3. The molecule has 0 bridgehead atoms. The Bertz CT molecular complexity index is 763. The lowest BCUT2D eigenvalue weighted by Crippen LogP contribution is -2.37. The van der Waals surface area contributed by atoms with Crippen LogP contribution in [-0.4, -0.2) is 29.3 Å². The molecule has 2 N–H and O–H groups in total. The summed E-state index contributed by atoms with van der Waals surface area (Å²) in [4.78, 5) is 5.65. The van der Waals surface area contributed by atoms with Crippen molar-refractivity contribution in [2.45, 2.75) is 13.0 Å². The van der Waals surface area contributed by atoms with Gasteiger partial charge in [-0.25, -0.2) is 4.68 Å². The molecule has 0 spiro atoms. The summed E-state index contributed by atoms with van der Waals surface area (Å²) in [6, 6.07) is 14.5. The van der Waals surface area contributed by atoms with E-state index in [0.717, 1.165) is 24.6 Å². The van der Waals surface area contributed by atoms with E-state index in [4.69, 9.17) is 0 Å². The largest absolute Gasteiger partial charge is 0.356 e. The van der Waals surface area contributed by atoms with Gasteiger partial charge in [0.1, 0.15) is 0 Å². The zero-order chi connectivity index (χ0) is 16.6. The maximum absolute atomic E-state index is 4.27. The number of hydrogen-bond donors (Lipinski definition) is 2. The summed E-state index contributed by atoms with van der Waals surface area (Å²) in [6.07, 6.45) is 4.73. The smallest absolute Gasteiger partial charge is 0.191 e. The van der Waals surface area contributed by atoms with Gasteiger partial charge in [0.15, 0.2) is 5.96 Å². The molecule has 5 nitrogen and oxygen atoms in total. The van der Waals surface area contributed by atoms with Crippen LogP contribution in [0, 0.1) is 0 Å². The second-order valence-electron chi connectivity index (χ2n) is 5.30. The second-order valence-corrected chi connectivity index (χ2v) is 6.33. The lowest BCUT2D eigenvalue weighted by molar-refractivity contribution is 0.797. The zero-order valence-electron chi connectivity index (χ0n) is 13.6. The van der Waals surface area contributed by atoms with Crippen LogP contribution in [0.1, 0.15) is 10.4 Å². The molecular weight excluding hydrogens is 318 g/mol. The molecule has 2 aromatic heterocycles. The number of nitrogens with zero attached hydrogens (tertiary/aromatic N) is 3. The third kappa shape index (κ3) is 4.45. The van der Waals surface area contributed by atoms with Crippen molar-refractivity contribution in [1.29, 1.82) is 0 Å². The van der Waals surface area contributed by atoms with E-state index in [1.165, 1.54) is 10.4 Å². The standard InChI is InChI=1S/C18H21N5S/c1-19-18(20-10-8-17-7-3-12-24-17)21-14-15-5-2-6-16(13-15)23-11-4-9-22-23/h2-7,9,11-13H,8,10,14H2,1H3,(H2,19,20,21). The van der Waals surface area contributed by atoms with Crippen molar-refractivity contribution in [1.82, 2.24) is 20.4 Å². The van der Waals surface area contributed by atoms with Crippen molar-refractivity contribution in [3.8, 4) is 5.69 Å². The van der Waals surface area contributed by atoms with Gasteiger partial charge in [-0.15, -0.1) is 11.3 Å². The predicted molar refractivity (Wildman–Crippen MR) is 99.8 cm³/mol. The number of nitrogens with one attached hydrogen (secondary N) is 2. The second kappa shape index (κ2) is 8.31. The first-order valence-electron chi connectivity index (χ1n) is 7.91. The Hall–Kier alpha value is -2.60. The molecule has 0 saturated heterocycles. The van der Waals surface area contributed by atoms with Crippen LogP contribution in [0.4, 0.5) is 0 Å². The van der Waals surface area contributed by atoms with Gasteiger partial charge in [-0.05, 0) is 41.6 Å². The molecule has 0 radical (unpaired) electrons. The number of thiophene rings is 1. The fourth-order valence-electron chi connectivity index (χ4n) is 2.40. The highest BCUT2D eigenvalue weighted by atomic mass is 32.1. The van der Waals surface area contributed by atoms with E-state index in [2.05, 4.69) is 50.4 Å². The Labute approximate surface area is 146 Å². The van der Waals surface area contributed by atoms with Crippen molar-refractivity contribution in [3.05, 3.63) is 70.7 Å². The Balaban J connectivity index is 1.51. The van der Waals surface area contributed by atoms with E-state index < -0.39 is 0 Å². The minimum atomic E-state index is 0.716. The quantitative estimate of drug-likeness (QED) is 0.536. The van der Waals surface area contributed by atoms with Crippen LogP contribution < -0.4 is 10.6 Å². The third-order valence-corrected chi connectivity index (χ3v) is 4.54. The Morgan fingerprint density at radius 1 is 1.21 bits per heavy atom. The Morgan fingerprint density at radius 2 is 2.17 bits per heavy atom. The van der Waals surface area contributed by atoms with Crippen LogP contribution in [0.15, 0.2) is 65.2 Å². The highest BCUT2D eigenvalue weighted by molar-refractivity contribution is 7.09. The summed E-state index contributed by atoms with van der Waals surface area (Å²) >= 11 is 1.78. The summed E-state index contributed by atoms with van der Waals surface area (Å²) in [6.45, 7) is 1.58. The molecule has 124 valence electrons. The fourth-order valence-corrected chi connectivity index (χ4v) is 3.10. The minimum Gasteiger partial charge on any atom is -0.356 e. The molecule has 3 aromatic rings. The normalized spacial score (nSPS) is 11.5. The number of benzene rings is 1. The van der Waals surface area contributed by atoms with Crippen molar-refractivity contribution < 1.29 is 0 Å². The maximum atomic E-state index is 4.27. The summed E-state index contributed by atoms with van der Waals surface area (Å²) < 4.78 is 1.86. The molecule has 0 unspecified atom stereocenters. The van der Waals surface area contributed by atoms with Gasteiger partial charge < -0.3 is 10.6 Å². The summed E-state index contributed by atoms with van der Waals surface area (Å²) in [7, 11) is 1.79. The lowest BCUT2D eigenvalue weighted by atomic mass is 10.2. The van der Waals surface area contributed by atoms with Crippen LogP contribution in [-0.2, 0) is 13.0 Å². The van der Waals surface area contributed by atoms with Gasteiger partial charge in [0.25, 0.3) is 0 Å². The molecule has 0 aliphatic heterocycles. The van der Waals surface area contributed by atoms with Gasteiger partial charge in [0.05, 0.1) is 5.69 Å². The van der Waals surface area contributed by atoms with Crippen LogP contribution >= 0.6 is 11.3 Å². The molecule has 2 heterocycles. The van der Waals surface area contributed by atoms with Crippen LogP contribution in [0.5, 0.6) is 0 Å². The number of rotatable bonds is 6. The van der Waals surface area contributed by atoms with E-state index >= 15 is 0 Å². The van der Waals surface area contributed by atoms with Crippen LogP contribution in [0.2, 0.25) is 0 Å². The van der Waals surface area contributed by atoms with Gasteiger partial charge in [0.2, 0.25) is 0 Å². The van der Waals surface area contributed by atoms with E-state index in [-0.39, 0.29) is 0 Å². The highest BCUT2D eigenvalue weighted by Gasteiger charge is 2.01. The molecule has 0 saturated carbocycles. The molecule has 0 aliphatic carbocycles. The minimum absolute atomic E-state index is 0.716. The molecule has 0 atom stereocenters. The summed E-state index contributed by atoms with van der Waals surface area (Å²) in [5, 5.41) is 13.1. The van der Waals surface area contributed by atoms with Crippen molar-refractivity contribution >= 4 is 17.3 Å². The van der Waals surface area contributed by atoms with E-state index in [1.807, 2.05) is 29.1 Å². The van der Waals surface area contributed by atoms with Crippen molar-refractivity contribution in [3.63, 3.8) is 0 Å². The Kier molecular flexibility index (Phi) is 5.63. The molecule has 0 amide bonds. The van der Waals surface area contributed by atoms with Crippen LogP contribution in [0.25, 0.3) is 5.69 Å². The molecule has 1 aromatic carbocycles. The van der Waals surface area contributed by atoms with Gasteiger partial charge in [-0.3, -0.25) is 4.99 Å². The number of hydrogen-bond acceptors (Lipinski definition) is 3. The number of guanidine groups is 1. The average molecular weight is 339 g/mol. The highest BCUT2D eigenvalue weighted by Crippen LogP contribution is 2.10. The molecule has 3 rings (SSSR count). The summed E-state index contributed by atoms with van der Waals surface area (Å²) in [5.74, 6) is 0.816. The monoisotopic (exact) mass is 339 g/mol. The summed E-state index contributed by atoms with van der Waals surface area (Å²) in [5.41, 5.74) is 2.24. The predicted octanol–water partition coefficient (Wildman–Crippen LogP) is 2.84. The van der Waals surface area contributed by atoms with Gasteiger partial charge in [-0.2, -0.15) is 5.10 Å². The fraction of sp³-hybridized carbons (Fsp3) is 0.222. The van der Waals surface area contributed by atoms with Gasteiger partial charge >= 0.3 is 0 Å². The molecule has 24 heavy (non-hydrogen) atoms.